The Balaban J connectivity index is 2.08. The molecule has 0 radical (unpaired) electrons. The number of allylic oxidation sites excluding steroid dienone is 3. The van der Waals surface area contributed by atoms with Crippen LogP contribution in [0.15, 0.2) is 23.7 Å². The maximum absolute atomic E-state index is 13.8. The van der Waals surface area contributed by atoms with Gasteiger partial charge >= 0.3 is 0 Å². The van der Waals surface area contributed by atoms with Crippen LogP contribution in [0.25, 0.3) is 0 Å². The molecule has 15 heavy (non-hydrogen) atoms. The average Bonchev–Trinajstić information content (AvgIpc) is 2.25. The Morgan fingerprint density at radius 3 is 2.47 bits per heavy atom. The van der Waals surface area contributed by atoms with Crippen molar-refractivity contribution in [1.29, 1.82) is 0 Å². The van der Waals surface area contributed by atoms with E-state index in [4.69, 9.17) is 4.74 Å². The quantitative estimate of drug-likeness (QED) is 0.661. The summed E-state index contributed by atoms with van der Waals surface area (Å²) < 4.78 is 19.1. The van der Waals surface area contributed by atoms with Crippen LogP contribution in [-0.2, 0) is 4.74 Å². The summed E-state index contributed by atoms with van der Waals surface area (Å²) in [5.41, 5.74) is 0.790. The lowest BCUT2D eigenvalue weighted by Crippen LogP contribution is -2.35. The maximum Gasteiger partial charge on any atom is 0.142 e. The van der Waals surface area contributed by atoms with Crippen LogP contribution in [0.2, 0.25) is 0 Å². The highest BCUT2D eigenvalue weighted by atomic mass is 19.1. The van der Waals surface area contributed by atoms with Gasteiger partial charge in [-0.25, -0.2) is 4.39 Å². The fourth-order valence-corrected chi connectivity index (χ4v) is 2.04. The first-order valence-electron chi connectivity index (χ1n) is 5.77. The van der Waals surface area contributed by atoms with Gasteiger partial charge in [-0.05, 0) is 31.8 Å². The fourth-order valence-electron chi connectivity index (χ4n) is 2.04. The third kappa shape index (κ3) is 2.81. The Hall–Kier alpha value is -0.830. The Morgan fingerprint density at radius 1 is 1.07 bits per heavy atom. The zero-order valence-electron chi connectivity index (χ0n) is 9.04. The minimum Gasteiger partial charge on any atom is -0.378 e. The van der Waals surface area contributed by atoms with E-state index in [9.17, 15) is 4.39 Å². The molecule has 0 atom stereocenters. The van der Waals surface area contributed by atoms with E-state index >= 15 is 0 Å². The van der Waals surface area contributed by atoms with Crippen molar-refractivity contribution < 1.29 is 9.13 Å². The molecule has 2 aliphatic rings. The minimum atomic E-state index is -0.0448. The van der Waals surface area contributed by atoms with Gasteiger partial charge in [-0.15, -0.1) is 0 Å². The molecule has 2 nitrogen and oxygen atoms in total. The molecule has 2 rings (SSSR count). The summed E-state index contributed by atoms with van der Waals surface area (Å²) >= 11 is 0. The third-order valence-electron chi connectivity index (χ3n) is 2.92. The smallest absolute Gasteiger partial charge is 0.142 e. The van der Waals surface area contributed by atoms with Gasteiger partial charge in [0.1, 0.15) is 5.83 Å². The Bertz CT molecular complexity index is 267. The largest absolute Gasteiger partial charge is 0.378 e. The molecule has 0 saturated carbocycles. The summed E-state index contributed by atoms with van der Waals surface area (Å²) in [5.74, 6) is -0.0448. The van der Waals surface area contributed by atoms with Crippen molar-refractivity contribution in [2.45, 2.75) is 25.7 Å². The van der Waals surface area contributed by atoms with Crippen LogP contribution < -0.4 is 0 Å². The second-order valence-corrected chi connectivity index (χ2v) is 4.03. The van der Waals surface area contributed by atoms with Crippen LogP contribution in [0.3, 0.4) is 0 Å². The molecule has 84 valence electrons. The predicted octanol–water partition coefficient (Wildman–Crippen LogP) is 2.63. The van der Waals surface area contributed by atoms with Crippen LogP contribution in [0, 0.1) is 0 Å². The molecule has 3 heteroatoms. The molecule has 1 aliphatic carbocycles. The van der Waals surface area contributed by atoms with Crippen LogP contribution >= 0.6 is 0 Å². The second kappa shape index (κ2) is 5.31. The lowest BCUT2D eigenvalue weighted by molar-refractivity contribution is 0.0532. The van der Waals surface area contributed by atoms with Crippen LogP contribution in [0.5, 0.6) is 0 Å². The first-order valence-corrected chi connectivity index (χ1v) is 5.77. The van der Waals surface area contributed by atoms with E-state index in [1.165, 1.54) is 0 Å². The summed E-state index contributed by atoms with van der Waals surface area (Å²) in [4.78, 5) is 2.10. The summed E-state index contributed by atoms with van der Waals surface area (Å²) in [5, 5.41) is 0. The fraction of sp³-hybridized carbons (Fsp3) is 0.667. The number of halogens is 1. The molecule has 1 heterocycles. The van der Waals surface area contributed by atoms with Gasteiger partial charge in [0.25, 0.3) is 0 Å². The topological polar surface area (TPSA) is 12.5 Å². The molecule has 0 amide bonds. The highest BCUT2D eigenvalue weighted by molar-refractivity contribution is 5.25. The van der Waals surface area contributed by atoms with E-state index in [2.05, 4.69) is 4.90 Å². The molecular formula is C12H18FNO. The van der Waals surface area contributed by atoms with Crippen LogP contribution in [0.4, 0.5) is 4.39 Å². The van der Waals surface area contributed by atoms with E-state index in [0.29, 0.717) is 13.2 Å². The lowest BCUT2D eigenvalue weighted by atomic mass is 10.1. The van der Waals surface area contributed by atoms with Crippen molar-refractivity contribution in [3.63, 3.8) is 0 Å². The van der Waals surface area contributed by atoms with E-state index in [0.717, 1.165) is 44.5 Å². The minimum absolute atomic E-state index is 0.0448. The Kier molecular flexibility index (Phi) is 3.78. The van der Waals surface area contributed by atoms with Crippen molar-refractivity contribution >= 4 is 0 Å². The normalized spacial score (nSPS) is 30.9. The standard InChI is InChI=1S/C12H18FNO/c13-11-5-3-1-2-4-6-12(11)14-7-9-15-10-8-14/h5-6H,1-4,7-10H2/b11-5+,12-6+. The van der Waals surface area contributed by atoms with Crippen molar-refractivity contribution in [3.8, 4) is 0 Å². The Labute approximate surface area is 90.4 Å². The monoisotopic (exact) mass is 211 g/mol. The predicted molar refractivity (Wildman–Crippen MR) is 58.1 cm³/mol. The number of hydrogen-bond acceptors (Lipinski definition) is 2. The van der Waals surface area contributed by atoms with Gasteiger partial charge in [0.2, 0.25) is 0 Å². The number of nitrogens with zero attached hydrogens (tertiary/aromatic N) is 1. The first-order chi connectivity index (χ1) is 7.38. The van der Waals surface area contributed by atoms with E-state index in [1.807, 2.05) is 6.08 Å². The van der Waals surface area contributed by atoms with Gasteiger partial charge < -0.3 is 9.64 Å². The SMILES string of the molecule is FC1=C/CCCC/C=C\1N1CCOCC1. The molecule has 0 N–H and O–H groups in total. The van der Waals surface area contributed by atoms with Gasteiger partial charge in [0, 0.05) is 13.1 Å². The second-order valence-electron chi connectivity index (χ2n) is 4.03. The van der Waals surface area contributed by atoms with Gasteiger partial charge in [-0.2, -0.15) is 0 Å². The average molecular weight is 211 g/mol. The van der Waals surface area contributed by atoms with Crippen molar-refractivity contribution in [2.75, 3.05) is 26.3 Å². The molecule has 0 spiro atoms. The van der Waals surface area contributed by atoms with Gasteiger partial charge in [0.15, 0.2) is 0 Å². The van der Waals surface area contributed by atoms with Crippen molar-refractivity contribution in [2.24, 2.45) is 0 Å². The third-order valence-corrected chi connectivity index (χ3v) is 2.92. The Morgan fingerprint density at radius 2 is 1.73 bits per heavy atom. The number of rotatable bonds is 1. The van der Waals surface area contributed by atoms with Gasteiger partial charge in [0.05, 0.1) is 18.9 Å². The van der Waals surface area contributed by atoms with Gasteiger partial charge in [-0.1, -0.05) is 6.08 Å². The van der Waals surface area contributed by atoms with Crippen molar-refractivity contribution in [1.82, 2.24) is 4.90 Å². The summed E-state index contributed by atoms with van der Waals surface area (Å²) in [6.07, 6.45) is 7.89. The van der Waals surface area contributed by atoms with E-state index < -0.39 is 0 Å². The number of hydrogen-bond donors (Lipinski definition) is 0. The van der Waals surface area contributed by atoms with Gasteiger partial charge in [-0.3, -0.25) is 0 Å². The summed E-state index contributed by atoms with van der Waals surface area (Å²) in [6.45, 7) is 3.05. The molecule has 0 aromatic rings. The molecule has 0 bridgehead atoms. The zero-order chi connectivity index (χ0) is 10.5. The molecule has 0 unspecified atom stereocenters. The highest BCUT2D eigenvalue weighted by Gasteiger charge is 2.17. The van der Waals surface area contributed by atoms with E-state index in [1.54, 1.807) is 6.08 Å². The van der Waals surface area contributed by atoms with Crippen molar-refractivity contribution in [3.05, 3.63) is 23.7 Å². The summed E-state index contributed by atoms with van der Waals surface area (Å²) in [6, 6.07) is 0. The van der Waals surface area contributed by atoms with Crippen LogP contribution in [-0.4, -0.2) is 31.2 Å². The maximum atomic E-state index is 13.8. The highest BCUT2D eigenvalue weighted by Crippen LogP contribution is 2.23. The summed E-state index contributed by atoms with van der Waals surface area (Å²) in [7, 11) is 0. The van der Waals surface area contributed by atoms with Crippen LogP contribution in [0.1, 0.15) is 25.7 Å². The number of ether oxygens (including phenoxy) is 1. The molecule has 1 fully saturated rings. The van der Waals surface area contributed by atoms with E-state index in [-0.39, 0.29) is 5.83 Å². The zero-order valence-corrected chi connectivity index (χ0v) is 9.04. The molecule has 0 aromatic carbocycles. The lowest BCUT2D eigenvalue weighted by Gasteiger charge is -2.30. The molecule has 1 saturated heterocycles. The molecule has 0 aromatic heterocycles. The molecule has 1 aliphatic heterocycles. The molecular weight excluding hydrogens is 193 g/mol. The number of morpholine rings is 1. The first kappa shape index (κ1) is 10.7.